The fraction of sp³-hybridized carbons (Fsp3) is 0.0714. The van der Waals surface area contributed by atoms with Crippen molar-refractivity contribution in [3.63, 3.8) is 0 Å². The Hall–Kier alpha value is -2.87. The van der Waals surface area contributed by atoms with E-state index in [0.29, 0.717) is 11.3 Å². The predicted octanol–water partition coefficient (Wildman–Crippen LogP) is 3.04. The van der Waals surface area contributed by atoms with Crippen LogP contribution in [0.3, 0.4) is 0 Å². The Morgan fingerprint density at radius 1 is 1.11 bits per heavy atom. The highest BCUT2D eigenvalue weighted by atomic mass is 16.6. The minimum Gasteiger partial charge on any atom is -0.399 e. The largest absolute Gasteiger partial charge is 0.399 e. The molecule has 0 fully saturated rings. The molecule has 5 nitrogen and oxygen atoms in total. The van der Waals surface area contributed by atoms with Crippen molar-refractivity contribution in [3.05, 3.63) is 69.8 Å². The molecule has 0 atom stereocenters. The van der Waals surface area contributed by atoms with E-state index in [4.69, 9.17) is 11.0 Å². The molecule has 0 aromatic heterocycles. The van der Waals surface area contributed by atoms with Crippen LogP contribution in [0.25, 0.3) is 0 Å². The number of non-ortho nitro benzene ring substituents is 1. The van der Waals surface area contributed by atoms with Gasteiger partial charge in [0.2, 0.25) is 0 Å². The summed E-state index contributed by atoms with van der Waals surface area (Å²) in [4.78, 5) is 9.71. The van der Waals surface area contributed by atoms with Crippen molar-refractivity contribution in [1.29, 1.82) is 5.26 Å². The van der Waals surface area contributed by atoms with Gasteiger partial charge in [-0.2, -0.15) is 5.26 Å². The van der Waals surface area contributed by atoms with Crippen LogP contribution in [0.4, 0.5) is 11.4 Å². The molecule has 0 saturated carbocycles. The van der Waals surface area contributed by atoms with E-state index in [1.54, 1.807) is 36.4 Å². The van der Waals surface area contributed by atoms with Crippen molar-refractivity contribution in [3.8, 4) is 6.07 Å². The molecule has 5 heteroatoms. The number of nitro benzene ring substituents is 1. The van der Waals surface area contributed by atoms with Crippen molar-refractivity contribution in [2.24, 2.45) is 0 Å². The van der Waals surface area contributed by atoms with Crippen LogP contribution in [-0.2, 0) is 0 Å². The second-order valence-corrected chi connectivity index (χ2v) is 3.83. The molecule has 0 saturated heterocycles. The molecule has 0 aliphatic rings. The molecular formula is C14H13N3O2. The van der Waals surface area contributed by atoms with Crippen LogP contribution >= 0.6 is 0 Å². The van der Waals surface area contributed by atoms with Crippen LogP contribution in [0.15, 0.2) is 48.5 Å². The Kier molecular flexibility index (Phi) is 5.05. The number of hydrogen-bond donors (Lipinski definition) is 1. The number of aryl methyl sites for hydroxylation is 1. The van der Waals surface area contributed by atoms with Gasteiger partial charge in [0.05, 0.1) is 16.6 Å². The van der Waals surface area contributed by atoms with E-state index in [2.05, 4.69) is 0 Å². The first-order chi connectivity index (χ1) is 9.02. The lowest BCUT2D eigenvalue weighted by Gasteiger charge is -1.90. The van der Waals surface area contributed by atoms with Crippen LogP contribution < -0.4 is 5.73 Å². The number of nitriles is 1. The highest BCUT2D eigenvalue weighted by molar-refractivity contribution is 5.42. The van der Waals surface area contributed by atoms with E-state index in [9.17, 15) is 10.1 Å². The number of nitrogens with zero attached hydrogens (tertiary/aromatic N) is 2. The molecule has 96 valence electrons. The Balaban J connectivity index is 0.000000191. The van der Waals surface area contributed by atoms with Crippen LogP contribution in [0.1, 0.15) is 11.1 Å². The molecule has 0 unspecified atom stereocenters. The maximum absolute atomic E-state index is 10.1. The lowest BCUT2D eigenvalue weighted by molar-refractivity contribution is -0.384. The molecule has 2 rings (SSSR count). The molecule has 0 aliphatic carbocycles. The number of hydrogen-bond acceptors (Lipinski definition) is 4. The molecule has 0 heterocycles. The summed E-state index contributed by atoms with van der Waals surface area (Å²) in [6.07, 6.45) is 0. The SMILES string of the molecule is Cc1ccc([N+](=O)[O-])cc1.N#Cc1ccc(N)cc1. The van der Waals surface area contributed by atoms with Crippen LogP contribution in [0, 0.1) is 28.4 Å². The van der Waals surface area contributed by atoms with Crippen molar-refractivity contribution in [2.75, 3.05) is 5.73 Å². The molecule has 0 aliphatic heterocycles. The standard InChI is InChI=1S/C7H6N2.C7H7NO2/c8-5-6-1-3-7(9)4-2-6;1-6-2-4-7(5-3-6)8(9)10/h1-4H,9H2;2-5H,1H3. The van der Waals surface area contributed by atoms with Crippen molar-refractivity contribution < 1.29 is 4.92 Å². The van der Waals surface area contributed by atoms with Gasteiger partial charge >= 0.3 is 0 Å². The number of nitro groups is 1. The van der Waals surface area contributed by atoms with E-state index < -0.39 is 4.92 Å². The zero-order valence-electron chi connectivity index (χ0n) is 10.4. The summed E-state index contributed by atoms with van der Waals surface area (Å²) < 4.78 is 0. The third kappa shape index (κ3) is 4.88. The average Bonchev–Trinajstić information content (AvgIpc) is 2.41. The van der Waals surface area contributed by atoms with Gasteiger partial charge in [-0.1, -0.05) is 17.7 Å². The van der Waals surface area contributed by atoms with E-state index >= 15 is 0 Å². The smallest absolute Gasteiger partial charge is 0.269 e. The van der Waals surface area contributed by atoms with E-state index in [-0.39, 0.29) is 5.69 Å². The van der Waals surface area contributed by atoms with Gasteiger partial charge in [0.1, 0.15) is 0 Å². The van der Waals surface area contributed by atoms with E-state index in [1.807, 2.05) is 13.0 Å². The normalized spacial score (nSPS) is 8.84. The summed E-state index contributed by atoms with van der Waals surface area (Å²) in [7, 11) is 0. The van der Waals surface area contributed by atoms with Crippen molar-refractivity contribution in [1.82, 2.24) is 0 Å². The first-order valence-electron chi connectivity index (χ1n) is 5.49. The second-order valence-electron chi connectivity index (χ2n) is 3.83. The quantitative estimate of drug-likeness (QED) is 0.481. The van der Waals surface area contributed by atoms with Crippen molar-refractivity contribution >= 4 is 11.4 Å². The van der Waals surface area contributed by atoms with Gasteiger partial charge in [-0.25, -0.2) is 0 Å². The summed E-state index contributed by atoms with van der Waals surface area (Å²) in [5.74, 6) is 0. The maximum Gasteiger partial charge on any atom is 0.269 e. The lowest BCUT2D eigenvalue weighted by atomic mass is 10.2. The number of nitrogens with two attached hydrogens (primary N) is 1. The number of rotatable bonds is 1. The average molecular weight is 255 g/mol. The zero-order chi connectivity index (χ0) is 14.3. The lowest BCUT2D eigenvalue weighted by Crippen LogP contribution is -1.86. The predicted molar refractivity (Wildman–Crippen MR) is 73.4 cm³/mol. The van der Waals surface area contributed by atoms with Gasteiger partial charge in [0.15, 0.2) is 0 Å². The second kappa shape index (κ2) is 6.77. The Morgan fingerprint density at radius 3 is 2.05 bits per heavy atom. The molecule has 2 aromatic carbocycles. The van der Waals surface area contributed by atoms with Gasteiger partial charge in [0, 0.05) is 17.8 Å². The van der Waals surface area contributed by atoms with Crippen LogP contribution in [0.2, 0.25) is 0 Å². The minimum absolute atomic E-state index is 0.144. The molecule has 0 amide bonds. The van der Waals surface area contributed by atoms with Crippen LogP contribution in [0.5, 0.6) is 0 Å². The van der Waals surface area contributed by atoms with Crippen molar-refractivity contribution in [2.45, 2.75) is 6.92 Å². The number of benzene rings is 2. The van der Waals surface area contributed by atoms with Gasteiger partial charge in [-0.05, 0) is 31.2 Å². The zero-order valence-corrected chi connectivity index (χ0v) is 10.4. The Labute approximate surface area is 111 Å². The van der Waals surface area contributed by atoms with Gasteiger partial charge in [-0.3, -0.25) is 10.1 Å². The topological polar surface area (TPSA) is 93.0 Å². The minimum atomic E-state index is -0.403. The monoisotopic (exact) mass is 255 g/mol. The number of nitrogen functional groups attached to an aromatic ring is 1. The summed E-state index contributed by atoms with van der Waals surface area (Å²) in [5, 5.41) is 18.5. The third-order valence-corrected chi connectivity index (χ3v) is 2.28. The molecule has 2 N–H and O–H groups in total. The first-order valence-corrected chi connectivity index (χ1v) is 5.49. The molecular weight excluding hydrogens is 242 g/mol. The first kappa shape index (κ1) is 14.2. The molecule has 19 heavy (non-hydrogen) atoms. The highest BCUT2D eigenvalue weighted by Crippen LogP contribution is 2.10. The molecule has 0 spiro atoms. The fourth-order valence-corrected chi connectivity index (χ4v) is 1.22. The summed E-state index contributed by atoms with van der Waals surface area (Å²) in [6, 6.07) is 15.2. The maximum atomic E-state index is 10.1. The summed E-state index contributed by atoms with van der Waals surface area (Å²) in [6.45, 7) is 1.89. The molecule has 0 bridgehead atoms. The summed E-state index contributed by atoms with van der Waals surface area (Å²) >= 11 is 0. The van der Waals surface area contributed by atoms with Gasteiger partial charge in [-0.15, -0.1) is 0 Å². The third-order valence-electron chi connectivity index (χ3n) is 2.28. The molecule has 0 radical (unpaired) electrons. The van der Waals surface area contributed by atoms with E-state index in [0.717, 1.165) is 5.56 Å². The molecule has 2 aromatic rings. The van der Waals surface area contributed by atoms with E-state index in [1.165, 1.54) is 12.1 Å². The highest BCUT2D eigenvalue weighted by Gasteiger charge is 2.00. The fourth-order valence-electron chi connectivity index (χ4n) is 1.22. The van der Waals surface area contributed by atoms with Gasteiger partial charge < -0.3 is 5.73 Å². The summed E-state index contributed by atoms with van der Waals surface area (Å²) in [5.41, 5.74) is 7.88. The van der Waals surface area contributed by atoms with Crippen LogP contribution in [-0.4, -0.2) is 4.92 Å². The Morgan fingerprint density at radius 2 is 1.63 bits per heavy atom. The van der Waals surface area contributed by atoms with Gasteiger partial charge in [0.25, 0.3) is 5.69 Å². The Bertz CT molecular complexity index is 584. The number of anilines is 1.